The Bertz CT molecular complexity index is 383. The highest BCUT2D eigenvalue weighted by Crippen LogP contribution is 2.23. The summed E-state index contributed by atoms with van der Waals surface area (Å²) in [5, 5.41) is 10.1. The molecule has 19 heavy (non-hydrogen) atoms. The number of aliphatic hydroxyl groups is 1. The van der Waals surface area contributed by atoms with Gasteiger partial charge in [-0.1, -0.05) is 27.7 Å². The van der Waals surface area contributed by atoms with Crippen LogP contribution in [-0.4, -0.2) is 43.1 Å². The second-order valence-electron chi connectivity index (χ2n) is 6.60. The maximum absolute atomic E-state index is 12.2. The fourth-order valence-corrected chi connectivity index (χ4v) is 3.89. The summed E-state index contributed by atoms with van der Waals surface area (Å²) in [5.41, 5.74) is -1.03. The Morgan fingerprint density at radius 1 is 1.32 bits per heavy atom. The molecule has 114 valence electrons. The van der Waals surface area contributed by atoms with Gasteiger partial charge < -0.3 is 5.11 Å². The molecule has 0 aromatic rings. The van der Waals surface area contributed by atoms with Crippen LogP contribution in [0.25, 0.3) is 0 Å². The summed E-state index contributed by atoms with van der Waals surface area (Å²) >= 11 is 0. The lowest BCUT2D eigenvalue weighted by atomic mass is 9.93. The number of piperidine rings is 1. The van der Waals surface area contributed by atoms with Gasteiger partial charge in [0.15, 0.2) is 0 Å². The SMILES string of the molecule is CC1CC(C)CN(S(=O)(=O)NCC(C)(O)C(C)C)C1. The van der Waals surface area contributed by atoms with Crippen LogP contribution in [-0.2, 0) is 10.2 Å². The first-order valence-corrected chi connectivity index (χ1v) is 8.45. The van der Waals surface area contributed by atoms with Crippen LogP contribution in [0.15, 0.2) is 0 Å². The highest BCUT2D eigenvalue weighted by Gasteiger charge is 2.33. The van der Waals surface area contributed by atoms with Crippen molar-refractivity contribution in [3.8, 4) is 0 Å². The van der Waals surface area contributed by atoms with Crippen molar-refractivity contribution in [2.75, 3.05) is 19.6 Å². The van der Waals surface area contributed by atoms with Crippen LogP contribution in [0.1, 0.15) is 41.0 Å². The quantitative estimate of drug-likeness (QED) is 0.800. The Morgan fingerprint density at radius 3 is 2.21 bits per heavy atom. The Kier molecular flexibility index (Phi) is 5.40. The average Bonchev–Trinajstić information content (AvgIpc) is 2.25. The molecule has 2 N–H and O–H groups in total. The van der Waals surface area contributed by atoms with Crippen molar-refractivity contribution in [2.45, 2.75) is 46.6 Å². The van der Waals surface area contributed by atoms with Crippen molar-refractivity contribution in [2.24, 2.45) is 17.8 Å². The molecule has 0 saturated carbocycles. The minimum absolute atomic E-state index is 0.00518. The average molecular weight is 292 g/mol. The molecule has 0 aromatic carbocycles. The van der Waals surface area contributed by atoms with E-state index in [0.717, 1.165) is 6.42 Å². The molecule has 6 heteroatoms. The van der Waals surface area contributed by atoms with Gasteiger partial charge in [0.05, 0.1) is 5.60 Å². The lowest BCUT2D eigenvalue weighted by molar-refractivity contribution is 0.0185. The van der Waals surface area contributed by atoms with E-state index in [1.165, 1.54) is 4.31 Å². The first-order valence-electron chi connectivity index (χ1n) is 7.01. The summed E-state index contributed by atoms with van der Waals surface area (Å²) in [4.78, 5) is 0. The number of rotatable bonds is 5. The smallest absolute Gasteiger partial charge is 0.279 e. The molecule has 1 aliphatic rings. The largest absolute Gasteiger partial charge is 0.389 e. The lowest BCUT2D eigenvalue weighted by Crippen LogP contribution is -2.52. The third-order valence-electron chi connectivity index (χ3n) is 4.03. The standard InChI is InChI=1S/C13H28N2O3S/c1-10(2)13(5,16)9-14-19(17,18)15-7-11(3)6-12(4)8-15/h10-12,14,16H,6-9H2,1-5H3. The molecule has 1 rings (SSSR count). The maximum Gasteiger partial charge on any atom is 0.279 e. The molecule has 1 heterocycles. The molecule has 3 atom stereocenters. The molecule has 0 aliphatic carbocycles. The second-order valence-corrected chi connectivity index (χ2v) is 8.36. The molecular formula is C13H28N2O3S. The van der Waals surface area contributed by atoms with Gasteiger partial charge in [0, 0.05) is 19.6 Å². The van der Waals surface area contributed by atoms with Gasteiger partial charge in [-0.05, 0) is 31.1 Å². The molecule has 0 aromatic heterocycles. The molecule has 0 bridgehead atoms. The lowest BCUT2D eigenvalue weighted by Gasteiger charge is -2.35. The van der Waals surface area contributed by atoms with Crippen molar-refractivity contribution in [3.63, 3.8) is 0 Å². The Labute approximate surface area is 117 Å². The van der Waals surface area contributed by atoms with E-state index in [1.807, 2.05) is 13.8 Å². The van der Waals surface area contributed by atoms with E-state index in [4.69, 9.17) is 0 Å². The number of hydrogen-bond acceptors (Lipinski definition) is 3. The molecule has 1 saturated heterocycles. The Hall–Kier alpha value is -0.170. The van der Waals surface area contributed by atoms with Gasteiger partial charge in [0.2, 0.25) is 0 Å². The number of nitrogens with zero attached hydrogens (tertiary/aromatic N) is 1. The van der Waals surface area contributed by atoms with Gasteiger partial charge in [-0.3, -0.25) is 0 Å². The molecule has 1 aliphatic heterocycles. The van der Waals surface area contributed by atoms with Crippen LogP contribution in [0.5, 0.6) is 0 Å². The molecule has 0 spiro atoms. The zero-order chi connectivity index (χ0) is 14.8. The van der Waals surface area contributed by atoms with Gasteiger partial charge >= 0.3 is 0 Å². The van der Waals surface area contributed by atoms with Gasteiger partial charge in [-0.25, -0.2) is 0 Å². The predicted octanol–water partition coefficient (Wildman–Crippen LogP) is 1.21. The fourth-order valence-electron chi connectivity index (χ4n) is 2.33. The first-order chi connectivity index (χ1) is 8.54. The van der Waals surface area contributed by atoms with Gasteiger partial charge in [0.1, 0.15) is 0 Å². The number of hydrogen-bond donors (Lipinski definition) is 2. The highest BCUT2D eigenvalue weighted by atomic mass is 32.2. The van der Waals surface area contributed by atoms with Crippen LogP contribution in [0.4, 0.5) is 0 Å². The minimum Gasteiger partial charge on any atom is -0.389 e. The summed E-state index contributed by atoms with van der Waals surface area (Å²) in [6.45, 7) is 10.7. The summed E-state index contributed by atoms with van der Waals surface area (Å²) in [6, 6.07) is 0. The molecule has 3 unspecified atom stereocenters. The molecule has 5 nitrogen and oxygen atoms in total. The number of nitrogens with one attached hydrogen (secondary N) is 1. The molecular weight excluding hydrogens is 264 g/mol. The zero-order valence-corrected chi connectivity index (χ0v) is 13.5. The van der Waals surface area contributed by atoms with Crippen LogP contribution >= 0.6 is 0 Å². The molecule has 0 radical (unpaired) electrons. The monoisotopic (exact) mass is 292 g/mol. The van der Waals surface area contributed by atoms with E-state index in [9.17, 15) is 13.5 Å². The minimum atomic E-state index is -3.49. The summed E-state index contributed by atoms with van der Waals surface area (Å²) in [5.74, 6) is 0.756. The summed E-state index contributed by atoms with van der Waals surface area (Å²) in [6.07, 6.45) is 1.07. The van der Waals surface area contributed by atoms with E-state index < -0.39 is 15.8 Å². The van der Waals surface area contributed by atoms with Crippen molar-refractivity contribution in [1.29, 1.82) is 0 Å². The van der Waals surface area contributed by atoms with Crippen molar-refractivity contribution in [3.05, 3.63) is 0 Å². The van der Waals surface area contributed by atoms with Crippen LogP contribution in [0, 0.1) is 17.8 Å². The van der Waals surface area contributed by atoms with Crippen molar-refractivity contribution >= 4 is 10.2 Å². The van der Waals surface area contributed by atoms with Crippen LogP contribution < -0.4 is 4.72 Å². The van der Waals surface area contributed by atoms with E-state index in [2.05, 4.69) is 18.6 Å². The van der Waals surface area contributed by atoms with Crippen molar-refractivity contribution < 1.29 is 13.5 Å². The normalized spacial score (nSPS) is 29.4. The van der Waals surface area contributed by atoms with E-state index in [-0.39, 0.29) is 12.5 Å². The van der Waals surface area contributed by atoms with E-state index in [0.29, 0.717) is 24.9 Å². The second kappa shape index (κ2) is 6.08. The molecule has 0 amide bonds. The van der Waals surface area contributed by atoms with Crippen molar-refractivity contribution in [1.82, 2.24) is 9.03 Å². The predicted molar refractivity (Wildman–Crippen MR) is 76.9 cm³/mol. The topological polar surface area (TPSA) is 69.6 Å². The first kappa shape index (κ1) is 16.9. The summed E-state index contributed by atoms with van der Waals surface area (Å²) < 4.78 is 28.5. The van der Waals surface area contributed by atoms with Gasteiger partial charge in [-0.15, -0.1) is 0 Å². The highest BCUT2D eigenvalue weighted by molar-refractivity contribution is 7.87. The summed E-state index contributed by atoms with van der Waals surface area (Å²) in [7, 11) is -3.49. The van der Waals surface area contributed by atoms with Gasteiger partial charge in [0.25, 0.3) is 10.2 Å². The van der Waals surface area contributed by atoms with E-state index in [1.54, 1.807) is 6.92 Å². The van der Waals surface area contributed by atoms with Crippen LogP contribution in [0.3, 0.4) is 0 Å². The third-order valence-corrected chi connectivity index (χ3v) is 5.52. The van der Waals surface area contributed by atoms with E-state index >= 15 is 0 Å². The zero-order valence-electron chi connectivity index (χ0n) is 12.7. The van der Waals surface area contributed by atoms with Gasteiger partial charge in [-0.2, -0.15) is 17.4 Å². The fraction of sp³-hybridized carbons (Fsp3) is 1.00. The Balaban J connectivity index is 2.66. The molecule has 1 fully saturated rings. The maximum atomic E-state index is 12.2. The third kappa shape index (κ3) is 4.70. The van der Waals surface area contributed by atoms with Crippen LogP contribution in [0.2, 0.25) is 0 Å². The Morgan fingerprint density at radius 2 is 1.79 bits per heavy atom.